The molecule has 1 aromatic heterocycles. The first-order valence-electron chi connectivity index (χ1n) is 8.57. The number of thiophene rings is 1. The minimum atomic E-state index is -0.293. The van der Waals surface area contributed by atoms with Crippen molar-refractivity contribution in [2.45, 2.75) is 45.1 Å². The monoisotopic (exact) mass is 356 g/mol. The Balaban J connectivity index is 1.68. The van der Waals surface area contributed by atoms with Crippen molar-refractivity contribution in [1.82, 2.24) is 5.01 Å². The molecule has 1 aliphatic rings. The van der Waals surface area contributed by atoms with Gasteiger partial charge in [-0.1, -0.05) is 18.2 Å². The van der Waals surface area contributed by atoms with Gasteiger partial charge in [-0.15, -0.1) is 11.3 Å². The second-order valence-corrected chi connectivity index (χ2v) is 7.94. The molecule has 4 nitrogen and oxygen atoms in total. The number of carbonyl (C=O) groups excluding carboxylic acids is 1. The van der Waals surface area contributed by atoms with Crippen molar-refractivity contribution < 1.29 is 9.53 Å². The number of rotatable bonds is 6. The van der Waals surface area contributed by atoms with E-state index >= 15 is 0 Å². The Bertz CT molecular complexity index is 766. The average molecular weight is 356 g/mol. The van der Waals surface area contributed by atoms with E-state index in [-0.39, 0.29) is 11.4 Å². The molecule has 0 N–H and O–H groups in total. The number of carbonyl (C=O) groups is 1. The maximum absolute atomic E-state index is 12.7. The second-order valence-electron chi connectivity index (χ2n) is 6.91. The smallest absolute Gasteiger partial charge is 0.243 e. The Kier molecular flexibility index (Phi) is 5.23. The third-order valence-electron chi connectivity index (χ3n) is 4.43. The van der Waals surface area contributed by atoms with Gasteiger partial charge >= 0.3 is 0 Å². The molecule has 0 unspecified atom stereocenters. The van der Waals surface area contributed by atoms with Crippen LogP contribution in [-0.2, 0) is 11.2 Å². The first kappa shape index (κ1) is 17.7. The van der Waals surface area contributed by atoms with E-state index in [0.717, 1.165) is 36.3 Å². The Morgan fingerprint density at radius 3 is 2.88 bits per heavy atom. The third kappa shape index (κ3) is 4.10. The number of nitrogens with zero attached hydrogens (tertiary/aromatic N) is 2. The van der Waals surface area contributed by atoms with E-state index in [4.69, 9.17) is 4.74 Å². The zero-order valence-electron chi connectivity index (χ0n) is 15.0. The number of hydrazone groups is 1. The van der Waals surface area contributed by atoms with E-state index in [1.54, 1.807) is 23.5 Å². The molecule has 2 heterocycles. The Labute approximate surface area is 153 Å². The highest BCUT2D eigenvalue weighted by Gasteiger charge is 2.38. The molecule has 0 radical (unpaired) electrons. The van der Waals surface area contributed by atoms with Crippen molar-refractivity contribution >= 4 is 23.0 Å². The minimum Gasteiger partial charge on any atom is -0.497 e. The Morgan fingerprint density at radius 2 is 2.16 bits per heavy atom. The van der Waals surface area contributed by atoms with Crippen LogP contribution in [0.25, 0.3) is 0 Å². The van der Waals surface area contributed by atoms with Gasteiger partial charge in [0.05, 0.1) is 18.4 Å². The second kappa shape index (κ2) is 7.40. The predicted molar refractivity (Wildman–Crippen MR) is 102 cm³/mol. The van der Waals surface area contributed by atoms with E-state index in [0.29, 0.717) is 6.42 Å². The normalized spacial score (nSPS) is 16.0. The zero-order valence-corrected chi connectivity index (χ0v) is 15.8. The van der Waals surface area contributed by atoms with Gasteiger partial charge in [-0.2, -0.15) is 5.10 Å². The van der Waals surface area contributed by atoms with Gasteiger partial charge in [0.25, 0.3) is 0 Å². The van der Waals surface area contributed by atoms with Crippen LogP contribution in [0.5, 0.6) is 5.75 Å². The highest BCUT2D eigenvalue weighted by Crippen LogP contribution is 2.31. The molecular weight excluding hydrogens is 332 g/mol. The molecular formula is C20H24N2O2S. The molecule has 0 atom stereocenters. The maximum atomic E-state index is 12.7. The number of methoxy groups -OCH3 is 1. The fourth-order valence-corrected chi connectivity index (χ4v) is 3.86. The molecule has 25 heavy (non-hydrogen) atoms. The van der Waals surface area contributed by atoms with E-state index in [1.807, 2.05) is 24.3 Å². The van der Waals surface area contributed by atoms with Crippen molar-refractivity contribution in [2.24, 2.45) is 5.10 Å². The van der Waals surface area contributed by atoms with Crippen molar-refractivity contribution in [3.05, 3.63) is 52.2 Å². The topological polar surface area (TPSA) is 41.9 Å². The molecule has 0 fully saturated rings. The van der Waals surface area contributed by atoms with Crippen molar-refractivity contribution in [1.29, 1.82) is 0 Å². The van der Waals surface area contributed by atoms with Crippen LogP contribution in [0, 0.1) is 0 Å². The van der Waals surface area contributed by atoms with Gasteiger partial charge in [0, 0.05) is 23.3 Å². The number of benzene rings is 1. The number of amides is 1. The van der Waals surface area contributed by atoms with Crippen molar-refractivity contribution in [3.8, 4) is 5.75 Å². The van der Waals surface area contributed by atoms with E-state index in [2.05, 4.69) is 36.5 Å². The van der Waals surface area contributed by atoms with Gasteiger partial charge in [-0.25, -0.2) is 5.01 Å². The zero-order chi connectivity index (χ0) is 17.9. The molecule has 5 heteroatoms. The van der Waals surface area contributed by atoms with Gasteiger partial charge in [-0.05, 0) is 50.3 Å². The highest BCUT2D eigenvalue weighted by atomic mass is 32.1. The number of ether oxygens (including phenoxy) is 1. The first-order valence-corrected chi connectivity index (χ1v) is 9.45. The molecule has 0 saturated heterocycles. The van der Waals surface area contributed by atoms with Gasteiger partial charge in [0.1, 0.15) is 5.75 Å². The summed E-state index contributed by atoms with van der Waals surface area (Å²) >= 11 is 1.74. The lowest BCUT2D eigenvalue weighted by molar-refractivity contribution is -0.135. The third-order valence-corrected chi connectivity index (χ3v) is 5.36. The van der Waals surface area contributed by atoms with E-state index in [9.17, 15) is 4.79 Å². The van der Waals surface area contributed by atoms with E-state index in [1.165, 1.54) is 4.88 Å². The van der Waals surface area contributed by atoms with Gasteiger partial charge < -0.3 is 4.74 Å². The van der Waals surface area contributed by atoms with Crippen LogP contribution in [0.15, 0.2) is 46.9 Å². The van der Waals surface area contributed by atoms with E-state index < -0.39 is 0 Å². The predicted octanol–water partition coefficient (Wildman–Crippen LogP) is 4.49. The summed E-state index contributed by atoms with van der Waals surface area (Å²) in [7, 11) is 1.66. The summed E-state index contributed by atoms with van der Waals surface area (Å²) in [5.74, 6) is 0.901. The molecule has 3 rings (SSSR count). The van der Waals surface area contributed by atoms with Crippen molar-refractivity contribution in [3.63, 3.8) is 0 Å². The van der Waals surface area contributed by atoms with Crippen LogP contribution < -0.4 is 4.74 Å². The summed E-state index contributed by atoms with van der Waals surface area (Å²) in [6.07, 6.45) is 3.08. The summed E-state index contributed by atoms with van der Waals surface area (Å²) in [5.41, 5.74) is 1.66. The molecule has 0 spiro atoms. The summed E-state index contributed by atoms with van der Waals surface area (Å²) < 4.78 is 5.29. The van der Waals surface area contributed by atoms with Gasteiger partial charge in [-0.3, -0.25) is 4.79 Å². The van der Waals surface area contributed by atoms with Crippen LogP contribution in [0.4, 0.5) is 0 Å². The summed E-state index contributed by atoms with van der Waals surface area (Å²) in [6, 6.07) is 12.0. The Morgan fingerprint density at radius 1 is 1.32 bits per heavy atom. The number of aryl methyl sites for hydroxylation is 1. The average Bonchev–Trinajstić information content (AvgIpc) is 3.22. The van der Waals surface area contributed by atoms with Crippen LogP contribution >= 0.6 is 11.3 Å². The highest BCUT2D eigenvalue weighted by molar-refractivity contribution is 7.09. The summed E-state index contributed by atoms with van der Waals surface area (Å²) in [6.45, 7) is 4.14. The quantitative estimate of drug-likeness (QED) is 0.765. The van der Waals surface area contributed by atoms with Crippen molar-refractivity contribution in [2.75, 3.05) is 7.11 Å². The fraction of sp³-hybridized carbons (Fsp3) is 0.400. The van der Waals surface area contributed by atoms with Crippen LogP contribution in [-0.4, -0.2) is 29.3 Å². The molecule has 1 aromatic carbocycles. The lowest BCUT2D eigenvalue weighted by Gasteiger charge is -2.28. The number of hydrogen-bond acceptors (Lipinski definition) is 4. The lowest BCUT2D eigenvalue weighted by Crippen LogP contribution is -2.40. The maximum Gasteiger partial charge on any atom is 0.243 e. The van der Waals surface area contributed by atoms with Crippen LogP contribution in [0.1, 0.15) is 43.6 Å². The van der Waals surface area contributed by atoms with Gasteiger partial charge in [0.2, 0.25) is 5.91 Å². The van der Waals surface area contributed by atoms with Gasteiger partial charge in [0.15, 0.2) is 0 Å². The van der Waals surface area contributed by atoms with Crippen LogP contribution in [0.2, 0.25) is 0 Å². The standard InChI is InChI=1S/C20H24N2O2S/c1-20(2)14-18(15-7-4-8-16(13-15)24-3)21-22(20)19(23)11-5-9-17-10-6-12-25-17/h4,6-8,10,12-13H,5,9,11,14H2,1-3H3. The molecule has 0 aliphatic carbocycles. The molecule has 0 saturated carbocycles. The molecule has 0 bridgehead atoms. The largest absolute Gasteiger partial charge is 0.497 e. The summed E-state index contributed by atoms with van der Waals surface area (Å²) in [5, 5.41) is 8.40. The molecule has 132 valence electrons. The molecule has 1 amide bonds. The van der Waals surface area contributed by atoms with Crippen LogP contribution in [0.3, 0.4) is 0 Å². The molecule has 1 aliphatic heterocycles. The minimum absolute atomic E-state index is 0.0967. The molecule has 2 aromatic rings. The Hall–Kier alpha value is -2.14. The first-order chi connectivity index (χ1) is 12.0. The SMILES string of the molecule is COc1cccc(C2=NN(C(=O)CCCc3cccs3)C(C)(C)C2)c1. The number of hydrogen-bond donors (Lipinski definition) is 0. The fourth-order valence-electron chi connectivity index (χ4n) is 3.11. The summed E-state index contributed by atoms with van der Waals surface area (Å²) in [4.78, 5) is 14.0. The lowest BCUT2D eigenvalue weighted by atomic mass is 9.94.